The Kier molecular flexibility index (Phi) is 5.32. The lowest BCUT2D eigenvalue weighted by Gasteiger charge is -2.11. The first-order chi connectivity index (χ1) is 16.2. The zero-order valence-corrected chi connectivity index (χ0v) is 19.5. The van der Waals surface area contributed by atoms with Crippen molar-refractivity contribution in [2.24, 2.45) is 0 Å². The zero-order chi connectivity index (χ0) is 23.9. The van der Waals surface area contributed by atoms with Crippen molar-refractivity contribution >= 4 is 54.2 Å². The van der Waals surface area contributed by atoms with E-state index in [1.165, 1.54) is 18.3 Å². The van der Waals surface area contributed by atoms with Gasteiger partial charge >= 0.3 is 0 Å². The number of nitrogens with one attached hydrogen (secondary N) is 4. The average molecular weight is 501 g/mol. The molecule has 0 amide bonds. The van der Waals surface area contributed by atoms with Crippen molar-refractivity contribution in [1.82, 2.24) is 25.1 Å². The van der Waals surface area contributed by atoms with Gasteiger partial charge < -0.3 is 10.6 Å². The van der Waals surface area contributed by atoms with Gasteiger partial charge in [-0.2, -0.15) is 15.1 Å². The summed E-state index contributed by atoms with van der Waals surface area (Å²) in [6, 6.07) is 11.2. The molecule has 1 aliphatic rings. The standard InChI is InChI=1S/C20H20N8O4S2/c1-33(29,30)19-16-17(22-12-5-6-12)24-20(25-18(16)26-27-19)23-13-7-9-14(10-8-13)34(31,32)28-15-4-2-3-11-21-15/h2-4,7-12H,5-6H2,1H3,(H,21,28)(H3,22,23,24,25,26,27). The monoisotopic (exact) mass is 500 g/mol. The van der Waals surface area contributed by atoms with Crippen LogP contribution in [0.4, 0.5) is 23.3 Å². The zero-order valence-electron chi connectivity index (χ0n) is 17.8. The van der Waals surface area contributed by atoms with Gasteiger partial charge in [-0.05, 0) is 49.2 Å². The smallest absolute Gasteiger partial charge is 0.263 e. The number of sulfonamides is 1. The molecule has 1 fully saturated rings. The van der Waals surface area contributed by atoms with E-state index in [4.69, 9.17) is 0 Å². The molecule has 0 spiro atoms. The quantitative estimate of drug-likeness (QED) is 0.281. The molecule has 34 heavy (non-hydrogen) atoms. The van der Waals surface area contributed by atoms with Crippen LogP contribution in [0.2, 0.25) is 0 Å². The molecule has 0 radical (unpaired) electrons. The van der Waals surface area contributed by atoms with E-state index < -0.39 is 19.9 Å². The average Bonchev–Trinajstić information content (AvgIpc) is 3.48. The summed E-state index contributed by atoms with van der Waals surface area (Å²) in [4.78, 5) is 12.8. The molecule has 5 rings (SSSR count). The van der Waals surface area contributed by atoms with Crippen LogP contribution >= 0.6 is 0 Å². The van der Waals surface area contributed by atoms with E-state index in [0.29, 0.717) is 16.9 Å². The number of aromatic nitrogens is 5. The number of fused-ring (bicyclic) bond motifs is 1. The van der Waals surface area contributed by atoms with Crippen LogP contribution in [-0.4, -0.2) is 54.3 Å². The lowest BCUT2D eigenvalue weighted by Crippen LogP contribution is -2.13. The fraction of sp³-hybridized carbons (Fsp3) is 0.200. The Hall–Kier alpha value is -3.78. The Balaban J connectivity index is 1.42. The largest absolute Gasteiger partial charge is 0.367 e. The molecule has 1 aliphatic carbocycles. The first-order valence-electron chi connectivity index (χ1n) is 10.2. The van der Waals surface area contributed by atoms with E-state index in [1.54, 1.807) is 30.3 Å². The number of hydrogen-bond acceptors (Lipinski definition) is 10. The van der Waals surface area contributed by atoms with Crippen molar-refractivity contribution in [3.8, 4) is 0 Å². The molecule has 4 N–H and O–H groups in total. The molecular weight excluding hydrogens is 480 g/mol. The van der Waals surface area contributed by atoms with Gasteiger partial charge in [0, 0.05) is 24.2 Å². The fourth-order valence-corrected chi connectivity index (χ4v) is 5.00. The first-order valence-corrected chi connectivity index (χ1v) is 13.6. The maximum Gasteiger partial charge on any atom is 0.263 e. The molecule has 0 aliphatic heterocycles. The highest BCUT2D eigenvalue weighted by molar-refractivity contribution is 7.92. The predicted molar refractivity (Wildman–Crippen MR) is 126 cm³/mol. The summed E-state index contributed by atoms with van der Waals surface area (Å²) >= 11 is 0. The number of aromatic amines is 1. The minimum Gasteiger partial charge on any atom is -0.367 e. The summed E-state index contributed by atoms with van der Waals surface area (Å²) in [7, 11) is -7.40. The third-order valence-electron chi connectivity index (χ3n) is 4.98. The van der Waals surface area contributed by atoms with Crippen molar-refractivity contribution in [2.45, 2.75) is 28.8 Å². The van der Waals surface area contributed by atoms with Gasteiger partial charge in [0.15, 0.2) is 20.5 Å². The Labute approximate surface area is 195 Å². The van der Waals surface area contributed by atoms with Gasteiger partial charge in [-0.15, -0.1) is 0 Å². The summed E-state index contributed by atoms with van der Waals surface area (Å²) < 4.78 is 51.8. The van der Waals surface area contributed by atoms with Gasteiger partial charge in [-0.25, -0.2) is 21.8 Å². The number of nitrogens with zero attached hydrogens (tertiary/aromatic N) is 4. The molecule has 0 unspecified atom stereocenters. The minimum absolute atomic E-state index is 0.0579. The number of sulfone groups is 1. The maximum absolute atomic E-state index is 12.6. The molecule has 0 saturated heterocycles. The van der Waals surface area contributed by atoms with Gasteiger partial charge in [0.1, 0.15) is 17.0 Å². The van der Waals surface area contributed by atoms with Crippen LogP contribution in [0, 0.1) is 0 Å². The van der Waals surface area contributed by atoms with Gasteiger partial charge in [-0.1, -0.05) is 6.07 Å². The SMILES string of the molecule is CS(=O)(=O)c1n[nH]c2nc(Nc3ccc(S(=O)(=O)Nc4ccccn4)cc3)nc(NC3CC3)c12. The number of pyridine rings is 1. The van der Waals surface area contributed by atoms with Crippen LogP contribution in [-0.2, 0) is 19.9 Å². The lowest BCUT2D eigenvalue weighted by atomic mass is 10.3. The van der Waals surface area contributed by atoms with Crippen molar-refractivity contribution < 1.29 is 16.8 Å². The van der Waals surface area contributed by atoms with E-state index in [0.717, 1.165) is 19.1 Å². The molecule has 1 aromatic carbocycles. The summed E-state index contributed by atoms with van der Waals surface area (Å²) in [5.74, 6) is 0.777. The van der Waals surface area contributed by atoms with Crippen molar-refractivity contribution in [3.63, 3.8) is 0 Å². The Morgan fingerprint density at radius 1 is 1.00 bits per heavy atom. The van der Waals surface area contributed by atoms with Gasteiger partial charge in [0.25, 0.3) is 10.0 Å². The number of rotatable bonds is 8. The first kappa shape index (κ1) is 22.0. The predicted octanol–water partition coefficient (Wildman–Crippen LogP) is 2.27. The molecule has 14 heteroatoms. The van der Waals surface area contributed by atoms with Crippen LogP contribution < -0.4 is 15.4 Å². The van der Waals surface area contributed by atoms with Gasteiger partial charge in [0.2, 0.25) is 5.95 Å². The number of hydrogen-bond donors (Lipinski definition) is 4. The van der Waals surface area contributed by atoms with Crippen LogP contribution in [0.5, 0.6) is 0 Å². The van der Waals surface area contributed by atoms with Gasteiger partial charge in [0.05, 0.1) is 4.90 Å². The lowest BCUT2D eigenvalue weighted by molar-refractivity contribution is 0.598. The Morgan fingerprint density at radius 2 is 1.76 bits per heavy atom. The van der Waals surface area contributed by atoms with Crippen molar-refractivity contribution in [3.05, 3.63) is 48.7 Å². The second-order valence-electron chi connectivity index (χ2n) is 7.81. The maximum atomic E-state index is 12.6. The molecule has 0 bridgehead atoms. The van der Waals surface area contributed by atoms with Crippen LogP contribution in [0.15, 0.2) is 58.6 Å². The van der Waals surface area contributed by atoms with Crippen LogP contribution in [0.25, 0.3) is 11.0 Å². The molecule has 3 heterocycles. The molecule has 3 aromatic heterocycles. The Bertz CT molecular complexity index is 1570. The summed E-state index contributed by atoms with van der Waals surface area (Å²) in [5, 5.41) is 13.0. The second kappa shape index (κ2) is 8.22. The van der Waals surface area contributed by atoms with E-state index in [2.05, 4.69) is 40.5 Å². The van der Waals surface area contributed by atoms with Crippen molar-refractivity contribution in [1.29, 1.82) is 0 Å². The Morgan fingerprint density at radius 3 is 2.41 bits per heavy atom. The number of anilines is 4. The van der Waals surface area contributed by atoms with E-state index in [1.807, 2.05) is 0 Å². The normalized spacial score (nSPS) is 14.1. The van der Waals surface area contributed by atoms with Crippen LogP contribution in [0.3, 0.4) is 0 Å². The fourth-order valence-electron chi connectivity index (χ4n) is 3.22. The summed E-state index contributed by atoms with van der Waals surface area (Å²) in [6.07, 6.45) is 4.49. The topological polar surface area (TPSA) is 172 Å². The van der Waals surface area contributed by atoms with E-state index in [9.17, 15) is 16.8 Å². The highest BCUT2D eigenvalue weighted by Gasteiger charge is 2.27. The van der Waals surface area contributed by atoms with Crippen LogP contribution in [0.1, 0.15) is 12.8 Å². The van der Waals surface area contributed by atoms with E-state index in [-0.39, 0.29) is 33.4 Å². The van der Waals surface area contributed by atoms with E-state index >= 15 is 0 Å². The summed E-state index contributed by atoms with van der Waals surface area (Å²) in [5.41, 5.74) is 0.802. The highest BCUT2D eigenvalue weighted by Crippen LogP contribution is 2.32. The number of H-pyrrole nitrogens is 1. The van der Waals surface area contributed by atoms with Gasteiger partial charge in [-0.3, -0.25) is 9.82 Å². The summed E-state index contributed by atoms with van der Waals surface area (Å²) in [6.45, 7) is 0. The number of benzene rings is 1. The second-order valence-corrected chi connectivity index (χ2v) is 11.4. The molecule has 176 valence electrons. The third-order valence-corrected chi connectivity index (χ3v) is 7.35. The van der Waals surface area contributed by atoms with Crippen molar-refractivity contribution in [2.75, 3.05) is 21.6 Å². The molecular formula is C20H20N8O4S2. The molecule has 0 atom stereocenters. The third kappa shape index (κ3) is 4.63. The molecule has 1 saturated carbocycles. The minimum atomic E-state index is -3.81. The molecule has 12 nitrogen and oxygen atoms in total. The molecule has 4 aromatic rings. The highest BCUT2D eigenvalue weighted by atomic mass is 32.2.